The van der Waals surface area contributed by atoms with Gasteiger partial charge < -0.3 is 0 Å². The van der Waals surface area contributed by atoms with E-state index in [2.05, 4.69) is 4.37 Å². The molecule has 4 heteroatoms. The van der Waals surface area contributed by atoms with Crippen LogP contribution >= 0.6 is 23.1 Å². The van der Waals surface area contributed by atoms with Gasteiger partial charge >= 0.3 is 0 Å². The van der Waals surface area contributed by atoms with Crippen LogP contribution in [0.15, 0.2) is 36.4 Å². The fourth-order valence-corrected chi connectivity index (χ4v) is 1.97. The number of hydrogen-bond donors (Lipinski definition) is 0. The Labute approximate surface area is 90.3 Å². The molecule has 0 saturated carbocycles. The highest BCUT2D eigenvalue weighted by atomic mass is 35.5. The molecule has 0 aliphatic carbocycles. The minimum atomic E-state index is -0.0324. The van der Waals surface area contributed by atoms with Gasteiger partial charge in [0.05, 0.1) is 4.88 Å². The van der Waals surface area contributed by atoms with Crippen molar-refractivity contribution in [3.63, 3.8) is 0 Å². The number of aromatic nitrogens is 1. The maximum Gasteiger partial charge on any atom is 0.204 e. The van der Waals surface area contributed by atoms with E-state index in [1.165, 1.54) is 0 Å². The van der Waals surface area contributed by atoms with Crippen molar-refractivity contribution in [1.29, 1.82) is 0 Å². The molecule has 0 radical (unpaired) electrons. The van der Waals surface area contributed by atoms with Crippen molar-refractivity contribution in [2.45, 2.75) is 0 Å². The van der Waals surface area contributed by atoms with Crippen molar-refractivity contribution in [1.82, 2.24) is 4.37 Å². The molecule has 0 bridgehead atoms. The summed E-state index contributed by atoms with van der Waals surface area (Å²) in [5, 5.41) is 0.370. The van der Waals surface area contributed by atoms with Crippen LogP contribution in [0.4, 0.5) is 0 Å². The van der Waals surface area contributed by atoms with Gasteiger partial charge in [-0.15, -0.1) is 0 Å². The van der Waals surface area contributed by atoms with Gasteiger partial charge in [-0.2, -0.15) is 4.37 Å². The van der Waals surface area contributed by atoms with Gasteiger partial charge in [0.2, 0.25) is 5.78 Å². The molecule has 1 aromatic heterocycles. The Morgan fingerprint density at radius 3 is 2.57 bits per heavy atom. The molecule has 0 fully saturated rings. The third kappa shape index (κ3) is 1.84. The van der Waals surface area contributed by atoms with Crippen molar-refractivity contribution in [2.75, 3.05) is 0 Å². The summed E-state index contributed by atoms with van der Waals surface area (Å²) in [6, 6.07) is 10.7. The summed E-state index contributed by atoms with van der Waals surface area (Å²) in [5.74, 6) is -0.0324. The van der Waals surface area contributed by atoms with E-state index >= 15 is 0 Å². The van der Waals surface area contributed by atoms with Crippen molar-refractivity contribution in [3.8, 4) is 0 Å². The van der Waals surface area contributed by atoms with Crippen molar-refractivity contribution >= 4 is 28.9 Å². The molecule has 70 valence electrons. The van der Waals surface area contributed by atoms with Crippen LogP contribution in [0.5, 0.6) is 0 Å². The molecule has 2 nitrogen and oxygen atoms in total. The second-order valence-electron chi connectivity index (χ2n) is 2.71. The maximum absolute atomic E-state index is 11.8. The third-order valence-electron chi connectivity index (χ3n) is 1.74. The number of nitrogens with zero attached hydrogens (tertiary/aromatic N) is 1. The quantitative estimate of drug-likeness (QED) is 0.733. The second-order valence-corrected chi connectivity index (χ2v) is 3.90. The summed E-state index contributed by atoms with van der Waals surface area (Å²) in [7, 11) is 0. The normalized spacial score (nSPS) is 10.1. The largest absolute Gasteiger partial charge is 0.288 e. The van der Waals surface area contributed by atoms with E-state index in [-0.39, 0.29) is 5.78 Å². The van der Waals surface area contributed by atoms with Crippen molar-refractivity contribution in [3.05, 3.63) is 52.0 Å². The first-order valence-corrected chi connectivity index (χ1v) is 5.14. The van der Waals surface area contributed by atoms with E-state index < -0.39 is 0 Å². The average Bonchev–Trinajstić information content (AvgIpc) is 2.65. The molecule has 0 amide bonds. The zero-order valence-electron chi connectivity index (χ0n) is 7.11. The van der Waals surface area contributed by atoms with Gasteiger partial charge in [0, 0.05) is 5.56 Å². The van der Waals surface area contributed by atoms with E-state index in [0.717, 1.165) is 11.5 Å². The Hall–Kier alpha value is -1.19. The molecule has 0 aliphatic heterocycles. The SMILES string of the molecule is O=C(c1ccccc1)c1cc(Cl)ns1. The first kappa shape index (κ1) is 9.37. The van der Waals surface area contributed by atoms with Gasteiger partial charge in [0.1, 0.15) is 5.15 Å². The van der Waals surface area contributed by atoms with E-state index in [0.29, 0.717) is 15.6 Å². The summed E-state index contributed by atoms with van der Waals surface area (Å²) in [5.41, 5.74) is 0.660. The minimum Gasteiger partial charge on any atom is -0.288 e. The predicted molar refractivity (Wildman–Crippen MR) is 57.0 cm³/mol. The minimum absolute atomic E-state index is 0.0324. The summed E-state index contributed by atoms with van der Waals surface area (Å²) in [6.07, 6.45) is 0. The van der Waals surface area contributed by atoms with E-state index in [9.17, 15) is 4.79 Å². The van der Waals surface area contributed by atoms with Gasteiger partial charge in [0.15, 0.2) is 0 Å². The smallest absolute Gasteiger partial charge is 0.204 e. The number of halogens is 1. The van der Waals surface area contributed by atoms with Gasteiger partial charge in [-0.1, -0.05) is 41.9 Å². The van der Waals surface area contributed by atoms with Crippen LogP contribution in [0.2, 0.25) is 5.15 Å². The highest BCUT2D eigenvalue weighted by Crippen LogP contribution is 2.18. The van der Waals surface area contributed by atoms with Crippen molar-refractivity contribution < 1.29 is 4.79 Å². The molecule has 0 saturated heterocycles. The first-order chi connectivity index (χ1) is 6.77. The molecular formula is C10H6ClNOS. The number of rotatable bonds is 2. The number of carbonyl (C=O) groups is 1. The number of carbonyl (C=O) groups excluding carboxylic acids is 1. The summed E-state index contributed by atoms with van der Waals surface area (Å²) in [6.45, 7) is 0. The van der Waals surface area contributed by atoms with Crippen LogP contribution in [-0.2, 0) is 0 Å². The highest BCUT2D eigenvalue weighted by Gasteiger charge is 2.11. The lowest BCUT2D eigenvalue weighted by atomic mass is 10.1. The maximum atomic E-state index is 11.8. The molecule has 2 rings (SSSR count). The molecule has 1 aromatic carbocycles. The number of benzene rings is 1. The molecule has 0 unspecified atom stereocenters. The molecule has 0 aliphatic rings. The zero-order valence-corrected chi connectivity index (χ0v) is 8.68. The predicted octanol–water partition coefficient (Wildman–Crippen LogP) is 3.03. The number of ketones is 1. The van der Waals surface area contributed by atoms with Crippen LogP contribution in [0.3, 0.4) is 0 Å². The Morgan fingerprint density at radius 2 is 2.00 bits per heavy atom. The third-order valence-corrected chi connectivity index (χ3v) is 2.82. The lowest BCUT2D eigenvalue weighted by Gasteiger charge is -1.94. The topological polar surface area (TPSA) is 30.0 Å². The summed E-state index contributed by atoms with van der Waals surface area (Å²) >= 11 is 6.76. The van der Waals surface area contributed by atoms with Crippen LogP contribution in [-0.4, -0.2) is 10.2 Å². The fourth-order valence-electron chi connectivity index (χ4n) is 1.09. The molecule has 0 atom stereocenters. The van der Waals surface area contributed by atoms with Crippen LogP contribution in [0.1, 0.15) is 15.2 Å². The van der Waals surface area contributed by atoms with E-state index in [4.69, 9.17) is 11.6 Å². The first-order valence-electron chi connectivity index (χ1n) is 3.99. The lowest BCUT2D eigenvalue weighted by molar-refractivity contribution is 0.104. The Bertz CT molecular complexity index is 452. The standard InChI is InChI=1S/C10H6ClNOS/c11-9-6-8(14-12-9)10(13)7-4-2-1-3-5-7/h1-6H. The summed E-state index contributed by atoms with van der Waals surface area (Å²) in [4.78, 5) is 12.3. The molecule has 1 heterocycles. The van der Waals surface area contributed by atoms with Crippen LogP contribution in [0.25, 0.3) is 0 Å². The average molecular weight is 224 g/mol. The van der Waals surface area contributed by atoms with E-state index in [1.807, 2.05) is 18.2 Å². The van der Waals surface area contributed by atoms with Crippen LogP contribution < -0.4 is 0 Å². The number of hydrogen-bond acceptors (Lipinski definition) is 3. The fraction of sp³-hybridized carbons (Fsp3) is 0. The Kier molecular flexibility index (Phi) is 2.61. The van der Waals surface area contributed by atoms with Gasteiger partial charge in [-0.25, -0.2) is 0 Å². The molecule has 2 aromatic rings. The molecule has 0 N–H and O–H groups in total. The molecular weight excluding hydrogens is 218 g/mol. The second kappa shape index (κ2) is 3.90. The van der Waals surface area contributed by atoms with Gasteiger partial charge in [-0.3, -0.25) is 4.79 Å². The summed E-state index contributed by atoms with van der Waals surface area (Å²) < 4.78 is 3.85. The van der Waals surface area contributed by atoms with Gasteiger partial charge in [0.25, 0.3) is 0 Å². The monoisotopic (exact) mass is 223 g/mol. The Balaban J connectivity index is 2.34. The lowest BCUT2D eigenvalue weighted by Crippen LogP contribution is -1.97. The highest BCUT2D eigenvalue weighted by molar-refractivity contribution is 7.08. The van der Waals surface area contributed by atoms with Crippen molar-refractivity contribution in [2.24, 2.45) is 0 Å². The molecule has 14 heavy (non-hydrogen) atoms. The zero-order chi connectivity index (χ0) is 9.97. The van der Waals surface area contributed by atoms with Gasteiger partial charge in [-0.05, 0) is 17.6 Å². The van der Waals surface area contributed by atoms with E-state index in [1.54, 1.807) is 18.2 Å². The Morgan fingerprint density at radius 1 is 1.29 bits per heavy atom. The van der Waals surface area contributed by atoms with Crippen LogP contribution in [0, 0.1) is 0 Å². The molecule has 0 spiro atoms.